The Balaban J connectivity index is 4.10. The summed E-state index contributed by atoms with van der Waals surface area (Å²) in [5.41, 5.74) is 0. The molecule has 0 rings (SSSR count). The van der Waals surface area contributed by atoms with Crippen LogP contribution in [0.1, 0.15) is 26.2 Å². The normalized spacial score (nSPS) is 11.5. The SMILES string of the molecule is CCCC[C@H](NC(=O)NCC(=O)N(C)C)C(=O)O. The fraction of sp³-hybridized carbons (Fsp3) is 0.727. The maximum absolute atomic E-state index is 11.4. The minimum absolute atomic E-state index is 0.154. The van der Waals surface area contributed by atoms with Gasteiger partial charge in [0.25, 0.3) is 0 Å². The van der Waals surface area contributed by atoms with Gasteiger partial charge in [-0.05, 0) is 6.42 Å². The van der Waals surface area contributed by atoms with E-state index in [1.54, 1.807) is 14.1 Å². The van der Waals surface area contributed by atoms with E-state index in [2.05, 4.69) is 10.6 Å². The topological polar surface area (TPSA) is 98.7 Å². The molecule has 3 amide bonds. The number of carbonyl (C=O) groups is 3. The summed E-state index contributed by atoms with van der Waals surface area (Å²) in [5.74, 6) is -1.33. The van der Waals surface area contributed by atoms with E-state index in [4.69, 9.17) is 5.11 Å². The third-order valence-electron chi connectivity index (χ3n) is 2.35. The van der Waals surface area contributed by atoms with Crippen LogP contribution in [0.2, 0.25) is 0 Å². The molecule has 0 fully saturated rings. The first kappa shape index (κ1) is 16.2. The molecule has 18 heavy (non-hydrogen) atoms. The third kappa shape index (κ3) is 6.72. The number of nitrogens with zero attached hydrogens (tertiary/aromatic N) is 1. The van der Waals surface area contributed by atoms with Gasteiger partial charge in [0.2, 0.25) is 5.91 Å². The zero-order valence-corrected chi connectivity index (χ0v) is 11.0. The predicted molar refractivity (Wildman–Crippen MR) is 66.2 cm³/mol. The second-order valence-corrected chi connectivity index (χ2v) is 4.15. The molecule has 0 unspecified atom stereocenters. The van der Waals surface area contributed by atoms with Crippen LogP contribution in [-0.4, -0.2) is 54.6 Å². The number of rotatable bonds is 7. The van der Waals surface area contributed by atoms with Crippen LogP contribution in [0.25, 0.3) is 0 Å². The molecule has 1 atom stereocenters. The fourth-order valence-electron chi connectivity index (χ4n) is 1.19. The van der Waals surface area contributed by atoms with Crippen molar-refractivity contribution in [2.45, 2.75) is 32.2 Å². The zero-order chi connectivity index (χ0) is 14.1. The molecule has 0 aromatic carbocycles. The summed E-state index contributed by atoms with van der Waals surface area (Å²) in [6, 6.07) is -1.56. The van der Waals surface area contributed by atoms with Crippen molar-refractivity contribution in [2.75, 3.05) is 20.6 Å². The van der Waals surface area contributed by atoms with Crippen molar-refractivity contribution in [3.8, 4) is 0 Å². The summed E-state index contributed by atoms with van der Waals surface area (Å²) in [5, 5.41) is 13.5. The molecule has 0 saturated carbocycles. The number of nitrogens with one attached hydrogen (secondary N) is 2. The smallest absolute Gasteiger partial charge is 0.326 e. The van der Waals surface area contributed by atoms with Gasteiger partial charge < -0.3 is 20.6 Å². The Morgan fingerprint density at radius 1 is 1.28 bits per heavy atom. The van der Waals surface area contributed by atoms with Crippen LogP contribution in [0.3, 0.4) is 0 Å². The average Bonchev–Trinajstić information content (AvgIpc) is 2.30. The van der Waals surface area contributed by atoms with Crippen LogP contribution in [0.5, 0.6) is 0 Å². The van der Waals surface area contributed by atoms with Crippen molar-refractivity contribution < 1.29 is 19.5 Å². The largest absolute Gasteiger partial charge is 0.480 e. The van der Waals surface area contributed by atoms with Gasteiger partial charge in [0.15, 0.2) is 0 Å². The molecule has 0 radical (unpaired) electrons. The van der Waals surface area contributed by atoms with Crippen LogP contribution in [0.4, 0.5) is 4.79 Å². The molecule has 0 aliphatic rings. The fourth-order valence-corrected chi connectivity index (χ4v) is 1.19. The highest BCUT2D eigenvalue weighted by atomic mass is 16.4. The Hall–Kier alpha value is -1.79. The molecular formula is C11H21N3O4. The quantitative estimate of drug-likeness (QED) is 0.600. The minimum Gasteiger partial charge on any atom is -0.480 e. The van der Waals surface area contributed by atoms with Crippen molar-refractivity contribution in [1.82, 2.24) is 15.5 Å². The molecule has 0 aliphatic heterocycles. The van der Waals surface area contributed by atoms with Gasteiger partial charge in [0.05, 0.1) is 6.54 Å². The Bertz CT molecular complexity index is 305. The molecular weight excluding hydrogens is 238 g/mol. The Morgan fingerprint density at radius 3 is 2.33 bits per heavy atom. The molecule has 0 saturated heterocycles. The third-order valence-corrected chi connectivity index (χ3v) is 2.35. The van der Waals surface area contributed by atoms with E-state index in [0.717, 1.165) is 6.42 Å². The summed E-state index contributed by atoms with van der Waals surface area (Å²) >= 11 is 0. The van der Waals surface area contributed by atoms with E-state index >= 15 is 0 Å². The maximum atomic E-state index is 11.4. The average molecular weight is 259 g/mol. The van der Waals surface area contributed by atoms with Gasteiger partial charge in [-0.15, -0.1) is 0 Å². The van der Waals surface area contributed by atoms with Crippen LogP contribution < -0.4 is 10.6 Å². The van der Waals surface area contributed by atoms with Crippen LogP contribution >= 0.6 is 0 Å². The van der Waals surface area contributed by atoms with Crippen molar-refractivity contribution >= 4 is 17.9 Å². The summed E-state index contributed by atoms with van der Waals surface area (Å²) < 4.78 is 0. The van der Waals surface area contributed by atoms with Crippen molar-refractivity contribution in [3.05, 3.63) is 0 Å². The molecule has 0 heterocycles. The van der Waals surface area contributed by atoms with Gasteiger partial charge in [-0.25, -0.2) is 9.59 Å². The van der Waals surface area contributed by atoms with E-state index in [0.29, 0.717) is 12.8 Å². The standard InChI is InChI=1S/C11H21N3O4/c1-4-5-6-8(10(16)17)13-11(18)12-7-9(15)14(2)3/h8H,4-7H2,1-3H3,(H,16,17)(H2,12,13,18)/t8-/m0/s1. The number of likely N-dealkylation sites (N-methyl/N-ethyl adjacent to an activating group) is 1. The number of urea groups is 1. The van der Waals surface area contributed by atoms with Gasteiger partial charge in [0.1, 0.15) is 6.04 Å². The van der Waals surface area contributed by atoms with Crippen LogP contribution in [0, 0.1) is 0 Å². The number of aliphatic carboxylic acids is 1. The van der Waals surface area contributed by atoms with Crippen molar-refractivity contribution in [2.24, 2.45) is 0 Å². The van der Waals surface area contributed by atoms with Crippen LogP contribution in [-0.2, 0) is 9.59 Å². The van der Waals surface area contributed by atoms with Crippen molar-refractivity contribution in [3.63, 3.8) is 0 Å². The van der Waals surface area contributed by atoms with Gasteiger partial charge >= 0.3 is 12.0 Å². The van der Waals surface area contributed by atoms with Gasteiger partial charge in [-0.3, -0.25) is 4.79 Å². The molecule has 0 bridgehead atoms. The first-order valence-electron chi connectivity index (χ1n) is 5.85. The monoisotopic (exact) mass is 259 g/mol. The molecule has 0 aromatic rings. The van der Waals surface area contributed by atoms with Crippen molar-refractivity contribution in [1.29, 1.82) is 0 Å². The summed E-state index contributed by atoms with van der Waals surface area (Å²) in [4.78, 5) is 34.8. The van der Waals surface area contributed by atoms with E-state index in [1.165, 1.54) is 4.90 Å². The predicted octanol–water partition coefficient (Wildman–Crippen LogP) is 0.0172. The molecule has 0 spiro atoms. The zero-order valence-electron chi connectivity index (χ0n) is 11.0. The Labute approximate surface area is 107 Å². The number of unbranched alkanes of at least 4 members (excludes halogenated alkanes) is 1. The number of carboxylic acid groups (broad SMARTS) is 1. The first-order valence-corrected chi connectivity index (χ1v) is 5.85. The lowest BCUT2D eigenvalue weighted by Crippen LogP contribution is -2.48. The number of hydrogen-bond acceptors (Lipinski definition) is 3. The highest BCUT2D eigenvalue weighted by Crippen LogP contribution is 2.00. The lowest BCUT2D eigenvalue weighted by molar-refractivity contribution is -0.139. The number of hydrogen-bond donors (Lipinski definition) is 3. The lowest BCUT2D eigenvalue weighted by Gasteiger charge is -2.15. The maximum Gasteiger partial charge on any atom is 0.326 e. The summed E-state index contributed by atoms with van der Waals surface area (Å²) in [6.45, 7) is 1.79. The Morgan fingerprint density at radius 2 is 1.89 bits per heavy atom. The van der Waals surface area contributed by atoms with E-state index in [9.17, 15) is 14.4 Å². The molecule has 7 nitrogen and oxygen atoms in total. The van der Waals surface area contributed by atoms with Gasteiger partial charge in [-0.2, -0.15) is 0 Å². The molecule has 104 valence electrons. The van der Waals surface area contributed by atoms with Crippen LogP contribution in [0.15, 0.2) is 0 Å². The molecule has 3 N–H and O–H groups in total. The minimum atomic E-state index is -1.07. The number of amides is 3. The molecule has 0 aromatic heterocycles. The summed E-state index contributed by atoms with van der Waals surface area (Å²) in [7, 11) is 3.15. The van der Waals surface area contributed by atoms with Gasteiger partial charge in [-0.1, -0.05) is 19.8 Å². The molecule has 7 heteroatoms. The van der Waals surface area contributed by atoms with E-state index in [1.807, 2.05) is 6.92 Å². The lowest BCUT2D eigenvalue weighted by atomic mass is 10.1. The second kappa shape index (κ2) is 8.32. The number of carbonyl (C=O) groups excluding carboxylic acids is 2. The highest BCUT2D eigenvalue weighted by Gasteiger charge is 2.19. The summed E-state index contributed by atoms with van der Waals surface area (Å²) in [6.07, 6.45) is 1.95. The number of carboxylic acids is 1. The van der Waals surface area contributed by atoms with Gasteiger partial charge in [0, 0.05) is 14.1 Å². The van der Waals surface area contributed by atoms with E-state index in [-0.39, 0.29) is 12.5 Å². The Kier molecular flexibility index (Phi) is 7.50. The first-order chi connectivity index (χ1) is 8.38. The second-order valence-electron chi connectivity index (χ2n) is 4.15. The molecule has 0 aliphatic carbocycles. The highest BCUT2D eigenvalue weighted by molar-refractivity contribution is 5.86. The van der Waals surface area contributed by atoms with E-state index < -0.39 is 18.0 Å².